The van der Waals surface area contributed by atoms with Gasteiger partial charge < -0.3 is 4.90 Å². The van der Waals surface area contributed by atoms with Gasteiger partial charge in [-0.05, 0) is 6.42 Å². The number of rotatable bonds is 4. The normalized spacial score (nSPS) is 9.73. The second kappa shape index (κ2) is 5.95. The Hall–Kier alpha value is -1.65. The lowest BCUT2D eigenvalue weighted by molar-refractivity contribution is 0.221. The largest absolute Gasteiger partial charge is 0.328 e. The minimum absolute atomic E-state index is 0.149. The molecule has 0 atom stereocenters. The molecule has 0 fully saturated rings. The van der Waals surface area contributed by atoms with Gasteiger partial charge in [-0.15, -0.1) is 0 Å². The lowest BCUT2D eigenvalue weighted by atomic mass is 10.3. The molecule has 15 heavy (non-hydrogen) atoms. The lowest BCUT2D eigenvalue weighted by Gasteiger charge is -2.16. The number of urea groups is 1. The molecule has 5 heteroatoms. The van der Waals surface area contributed by atoms with Gasteiger partial charge in [-0.3, -0.25) is 10.3 Å². The van der Waals surface area contributed by atoms with Crippen molar-refractivity contribution < 1.29 is 4.79 Å². The average molecular weight is 208 g/mol. The maximum atomic E-state index is 11.6. The third-order valence-electron chi connectivity index (χ3n) is 1.99. The summed E-state index contributed by atoms with van der Waals surface area (Å²) in [5, 5.41) is 2.66. The highest BCUT2D eigenvalue weighted by atomic mass is 16.2. The van der Waals surface area contributed by atoms with Crippen LogP contribution < -0.4 is 5.32 Å². The van der Waals surface area contributed by atoms with E-state index in [-0.39, 0.29) is 6.03 Å². The number of nitrogens with zero attached hydrogens (tertiary/aromatic N) is 3. The number of carbonyl (C=O) groups excluding carboxylic acids is 1. The molecule has 1 aromatic rings. The summed E-state index contributed by atoms with van der Waals surface area (Å²) in [6.07, 6.45) is 6.71. The summed E-state index contributed by atoms with van der Waals surface area (Å²) in [6.45, 7) is 2.84. The monoisotopic (exact) mass is 208 g/mol. The number of carbonyl (C=O) groups is 1. The summed E-state index contributed by atoms with van der Waals surface area (Å²) in [5.41, 5.74) is 0. The second-order valence-corrected chi connectivity index (χ2v) is 3.30. The van der Waals surface area contributed by atoms with Crippen LogP contribution in [0, 0.1) is 0 Å². The van der Waals surface area contributed by atoms with Crippen molar-refractivity contribution in [2.24, 2.45) is 0 Å². The molecular formula is C10H16N4O. The first-order chi connectivity index (χ1) is 7.24. The van der Waals surface area contributed by atoms with E-state index in [1.807, 2.05) is 0 Å². The van der Waals surface area contributed by atoms with E-state index >= 15 is 0 Å². The molecule has 0 aromatic carbocycles. The molecule has 0 bridgehead atoms. The van der Waals surface area contributed by atoms with E-state index in [9.17, 15) is 4.79 Å². The average Bonchev–Trinajstić information content (AvgIpc) is 2.27. The Kier molecular flexibility index (Phi) is 4.53. The van der Waals surface area contributed by atoms with Gasteiger partial charge in [-0.2, -0.15) is 0 Å². The van der Waals surface area contributed by atoms with Crippen molar-refractivity contribution in [3.8, 4) is 0 Å². The predicted octanol–water partition coefficient (Wildman–Crippen LogP) is 1.74. The molecule has 0 spiro atoms. The van der Waals surface area contributed by atoms with E-state index in [0.717, 1.165) is 19.4 Å². The van der Waals surface area contributed by atoms with Crippen LogP contribution in [-0.4, -0.2) is 34.5 Å². The van der Waals surface area contributed by atoms with Gasteiger partial charge in [0.2, 0.25) is 0 Å². The highest BCUT2D eigenvalue weighted by Crippen LogP contribution is 2.00. The van der Waals surface area contributed by atoms with Crippen LogP contribution in [0.15, 0.2) is 18.6 Å². The van der Waals surface area contributed by atoms with Crippen LogP contribution in [0.2, 0.25) is 0 Å². The van der Waals surface area contributed by atoms with E-state index < -0.39 is 0 Å². The molecule has 1 rings (SSSR count). The molecule has 0 aliphatic rings. The first kappa shape index (κ1) is 11.4. The smallest absolute Gasteiger partial charge is 0.322 e. The molecule has 82 valence electrons. The van der Waals surface area contributed by atoms with Crippen LogP contribution in [0.4, 0.5) is 10.6 Å². The molecule has 0 radical (unpaired) electrons. The fourth-order valence-corrected chi connectivity index (χ4v) is 1.07. The van der Waals surface area contributed by atoms with Crippen molar-refractivity contribution >= 4 is 11.8 Å². The van der Waals surface area contributed by atoms with E-state index in [0.29, 0.717) is 5.82 Å². The van der Waals surface area contributed by atoms with Crippen LogP contribution in [0.25, 0.3) is 0 Å². The minimum atomic E-state index is -0.149. The molecule has 5 nitrogen and oxygen atoms in total. The number of hydrogen-bond acceptors (Lipinski definition) is 3. The zero-order valence-electron chi connectivity index (χ0n) is 9.10. The Morgan fingerprint density at radius 3 is 2.93 bits per heavy atom. The van der Waals surface area contributed by atoms with Gasteiger partial charge in [0, 0.05) is 26.0 Å². The molecule has 0 saturated carbocycles. The molecule has 1 heterocycles. The Balaban J connectivity index is 2.42. The SMILES string of the molecule is CCCCN(C)C(=O)Nc1cnccn1. The van der Waals surface area contributed by atoms with Gasteiger partial charge in [0.05, 0.1) is 6.20 Å². The van der Waals surface area contributed by atoms with Gasteiger partial charge in [0.1, 0.15) is 0 Å². The van der Waals surface area contributed by atoms with E-state index in [1.165, 1.54) is 6.20 Å². The molecule has 2 amide bonds. The van der Waals surface area contributed by atoms with Crippen LogP contribution in [0.5, 0.6) is 0 Å². The van der Waals surface area contributed by atoms with Gasteiger partial charge in [0.25, 0.3) is 0 Å². The van der Waals surface area contributed by atoms with Crippen LogP contribution in [-0.2, 0) is 0 Å². The van der Waals surface area contributed by atoms with Gasteiger partial charge in [0.15, 0.2) is 5.82 Å². The van der Waals surface area contributed by atoms with Crippen molar-refractivity contribution in [3.63, 3.8) is 0 Å². The van der Waals surface area contributed by atoms with Crippen molar-refractivity contribution in [2.75, 3.05) is 18.9 Å². The van der Waals surface area contributed by atoms with E-state index in [1.54, 1.807) is 24.3 Å². The third kappa shape index (κ3) is 3.93. The molecule has 0 aliphatic carbocycles. The number of unbranched alkanes of at least 4 members (excludes halogenated alkanes) is 1. The highest BCUT2D eigenvalue weighted by Gasteiger charge is 2.07. The maximum Gasteiger partial charge on any atom is 0.322 e. The Bertz CT molecular complexity index is 302. The summed E-state index contributed by atoms with van der Waals surface area (Å²) in [6, 6.07) is -0.149. The number of hydrogen-bond donors (Lipinski definition) is 1. The van der Waals surface area contributed by atoms with Crippen molar-refractivity contribution in [1.82, 2.24) is 14.9 Å². The summed E-state index contributed by atoms with van der Waals surface area (Å²) >= 11 is 0. The van der Waals surface area contributed by atoms with Crippen LogP contribution >= 0.6 is 0 Å². The minimum Gasteiger partial charge on any atom is -0.328 e. The zero-order chi connectivity index (χ0) is 11.1. The summed E-state index contributed by atoms with van der Waals surface area (Å²) in [7, 11) is 1.77. The van der Waals surface area contributed by atoms with Crippen LogP contribution in [0.3, 0.4) is 0 Å². The van der Waals surface area contributed by atoms with Crippen molar-refractivity contribution in [1.29, 1.82) is 0 Å². The molecule has 0 saturated heterocycles. The molecule has 0 unspecified atom stereocenters. The molecular weight excluding hydrogens is 192 g/mol. The summed E-state index contributed by atoms with van der Waals surface area (Å²) in [4.78, 5) is 21.0. The summed E-state index contributed by atoms with van der Waals surface area (Å²) < 4.78 is 0. The predicted molar refractivity (Wildman–Crippen MR) is 58.6 cm³/mol. The number of amides is 2. The third-order valence-corrected chi connectivity index (χ3v) is 1.99. The highest BCUT2D eigenvalue weighted by molar-refractivity contribution is 5.87. The Morgan fingerprint density at radius 2 is 2.33 bits per heavy atom. The quantitative estimate of drug-likeness (QED) is 0.820. The second-order valence-electron chi connectivity index (χ2n) is 3.30. The fraction of sp³-hybridized carbons (Fsp3) is 0.500. The first-order valence-electron chi connectivity index (χ1n) is 5.02. The molecule has 1 aromatic heterocycles. The number of aromatic nitrogens is 2. The molecule has 0 aliphatic heterocycles. The summed E-state index contributed by atoms with van der Waals surface area (Å²) in [5.74, 6) is 0.478. The Morgan fingerprint density at radius 1 is 1.53 bits per heavy atom. The van der Waals surface area contributed by atoms with Crippen LogP contribution in [0.1, 0.15) is 19.8 Å². The number of anilines is 1. The molecule has 1 N–H and O–H groups in total. The lowest BCUT2D eigenvalue weighted by Crippen LogP contribution is -2.32. The zero-order valence-corrected chi connectivity index (χ0v) is 9.10. The van der Waals surface area contributed by atoms with Crippen molar-refractivity contribution in [2.45, 2.75) is 19.8 Å². The maximum absolute atomic E-state index is 11.6. The Labute approximate surface area is 89.5 Å². The number of nitrogens with one attached hydrogen (secondary N) is 1. The van der Waals surface area contributed by atoms with E-state index in [4.69, 9.17) is 0 Å². The van der Waals surface area contributed by atoms with E-state index in [2.05, 4.69) is 22.2 Å². The topological polar surface area (TPSA) is 58.1 Å². The van der Waals surface area contributed by atoms with Gasteiger partial charge in [-0.25, -0.2) is 9.78 Å². The van der Waals surface area contributed by atoms with Crippen molar-refractivity contribution in [3.05, 3.63) is 18.6 Å². The first-order valence-corrected chi connectivity index (χ1v) is 5.02. The van der Waals surface area contributed by atoms with Gasteiger partial charge >= 0.3 is 6.03 Å². The fourth-order valence-electron chi connectivity index (χ4n) is 1.07. The van der Waals surface area contributed by atoms with Gasteiger partial charge in [-0.1, -0.05) is 13.3 Å². The standard InChI is InChI=1S/C10H16N4O/c1-3-4-7-14(2)10(15)13-9-8-11-5-6-12-9/h5-6,8H,3-4,7H2,1-2H3,(H,12,13,15).